The van der Waals surface area contributed by atoms with Gasteiger partial charge in [-0.2, -0.15) is 0 Å². The Labute approximate surface area is 112 Å². The van der Waals surface area contributed by atoms with Gasteiger partial charge in [-0.15, -0.1) is 0 Å². The van der Waals surface area contributed by atoms with Gasteiger partial charge >= 0.3 is 0 Å². The van der Waals surface area contributed by atoms with Crippen molar-refractivity contribution in [3.8, 4) is 0 Å². The first-order valence-corrected chi connectivity index (χ1v) is 6.77. The molecule has 3 rings (SSSR count). The van der Waals surface area contributed by atoms with Gasteiger partial charge in [0.15, 0.2) is 0 Å². The highest BCUT2D eigenvalue weighted by Gasteiger charge is 2.42. The third-order valence-corrected chi connectivity index (χ3v) is 4.38. The Kier molecular flexibility index (Phi) is 2.77. The number of H-pyrrole nitrogens is 1. The van der Waals surface area contributed by atoms with E-state index in [9.17, 15) is 4.79 Å². The van der Waals surface area contributed by atoms with E-state index in [0.29, 0.717) is 5.56 Å². The molecule has 19 heavy (non-hydrogen) atoms. The summed E-state index contributed by atoms with van der Waals surface area (Å²) < 4.78 is 0. The second-order valence-corrected chi connectivity index (χ2v) is 5.43. The van der Waals surface area contributed by atoms with Gasteiger partial charge in [-0.1, -0.05) is 36.8 Å². The second kappa shape index (κ2) is 4.34. The molecule has 3 nitrogen and oxygen atoms in total. The van der Waals surface area contributed by atoms with Crippen LogP contribution in [0.4, 0.5) is 0 Å². The van der Waals surface area contributed by atoms with Crippen LogP contribution in [0.1, 0.15) is 41.9 Å². The fraction of sp³-hybridized carbons (Fsp3) is 0.375. The van der Waals surface area contributed by atoms with Crippen LogP contribution < -0.4 is 5.56 Å². The van der Waals surface area contributed by atoms with Crippen molar-refractivity contribution >= 4 is 0 Å². The molecular formula is C16H18N2O. The van der Waals surface area contributed by atoms with E-state index < -0.39 is 0 Å². The fourth-order valence-corrected chi connectivity index (χ4v) is 2.82. The number of nitrogens with zero attached hydrogens (tertiary/aromatic N) is 1. The van der Waals surface area contributed by atoms with Gasteiger partial charge in [-0.25, -0.2) is 4.98 Å². The van der Waals surface area contributed by atoms with Crippen molar-refractivity contribution in [2.24, 2.45) is 0 Å². The molecule has 3 heteroatoms. The molecule has 0 radical (unpaired) electrons. The zero-order chi connectivity index (χ0) is 13.5. The summed E-state index contributed by atoms with van der Waals surface area (Å²) in [5, 5.41) is 0. The maximum Gasteiger partial charge on any atom is 0.254 e. The molecule has 1 aromatic heterocycles. The van der Waals surface area contributed by atoms with Crippen LogP contribution >= 0.6 is 0 Å². The molecule has 1 saturated carbocycles. The zero-order valence-corrected chi connectivity index (χ0v) is 11.4. The molecule has 1 heterocycles. The van der Waals surface area contributed by atoms with Crippen LogP contribution in [0.25, 0.3) is 0 Å². The Morgan fingerprint density at radius 3 is 2.37 bits per heavy atom. The van der Waals surface area contributed by atoms with Crippen molar-refractivity contribution < 1.29 is 0 Å². The van der Waals surface area contributed by atoms with Crippen molar-refractivity contribution in [1.82, 2.24) is 9.97 Å². The van der Waals surface area contributed by atoms with Crippen LogP contribution in [-0.2, 0) is 5.41 Å². The number of hydrogen-bond donors (Lipinski definition) is 1. The van der Waals surface area contributed by atoms with Crippen molar-refractivity contribution in [3.63, 3.8) is 0 Å². The molecule has 1 aromatic carbocycles. The van der Waals surface area contributed by atoms with Crippen LogP contribution in [0, 0.1) is 13.8 Å². The summed E-state index contributed by atoms with van der Waals surface area (Å²) in [6.45, 7) is 3.73. The highest BCUT2D eigenvalue weighted by molar-refractivity contribution is 5.36. The highest BCUT2D eigenvalue weighted by Crippen LogP contribution is 2.47. The van der Waals surface area contributed by atoms with Crippen molar-refractivity contribution in [3.05, 3.63) is 63.3 Å². The third kappa shape index (κ3) is 1.81. The molecular weight excluding hydrogens is 236 g/mol. The van der Waals surface area contributed by atoms with Gasteiger partial charge in [0.2, 0.25) is 0 Å². The van der Waals surface area contributed by atoms with Crippen molar-refractivity contribution in [1.29, 1.82) is 0 Å². The number of hydrogen-bond acceptors (Lipinski definition) is 2. The number of aryl methyl sites for hydroxylation is 1. The summed E-state index contributed by atoms with van der Waals surface area (Å²) in [4.78, 5) is 19.6. The summed E-state index contributed by atoms with van der Waals surface area (Å²) in [5.41, 5.74) is 2.71. The van der Waals surface area contributed by atoms with Gasteiger partial charge in [0.1, 0.15) is 5.82 Å². The fourth-order valence-electron chi connectivity index (χ4n) is 2.82. The topological polar surface area (TPSA) is 45.8 Å². The summed E-state index contributed by atoms with van der Waals surface area (Å²) in [6.07, 6.45) is 3.30. The molecule has 0 amide bonds. The van der Waals surface area contributed by atoms with Crippen LogP contribution in [0.3, 0.4) is 0 Å². The minimum Gasteiger partial charge on any atom is -0.310 e. The van der Waals surface area contributed by atoms with E-state index in [-0.39, 0.29) is 11.0 Å². The lowest BCUT2D eigenvalue weighted by Gasteiger charge is -2.41. The smallest absolute Gasteiger partial charge is 0.254 e. The van der Waals surface area contributed by atoms with Gasteiger partial charge in [0, 0.05) is 11.3 Å². The number of nitrogens with one attached hydrogen (secondary N) is 1. The van der Waals surface area contributed by atoms with Gasteiger partial charge in [-0.05, 0) is 32.3 Å². The molecule has 1 aliphatic carbocycles. The molecule has 0 atom stereocenters. The number of aromatic amines is 1. The van der Waals surface area contributed by atoms with Crippen LogP contribution in [-0.4, -0.2) is 9.97 Å². The van der Waals surface area contributed by atoms with Gasteiger partial charge < -0.3 is 4.98 Å². The van der Waals surface area contributed by atoms with E-state index >= 15 is 0 Å². The molecule has 0 unspecified atom stereocenters. The largest absolute Gasteiger partial charge is 0.310 e. The maximum absolute atomic E-state index is 12.0. The van der Waals surface area contributed by atoms with Crippen molar-refractivity contribution in [2.45, 2.75) is 38.5 Å². The summed E-state index contributed by atoms with van der Waals surface area (Å²) >= 11 is 0. The maximum atomic E-state index is 12.0. The number of aromatic nitrogens is 2. The van der Waals surface area contributed by atoms with E-state index in [4.69, 9.17) is 0 Å². The SMILES string of the molecule is Cc1nc(C2(c3ccccc3)CCC2)[nH]c(=O)c1C. The van der Waals surface area contributed by atoms with Crippen LogP contribution in [0.15, 0.2) is 35.1 Å². The molecule has 1 aliphatic rings. The van der Waals surface area contributed by atoms with Gasteiger partial charge in [-0.3, -0.25) is 4.79 Å². The lowest BCUT2D eigenvalue weighted by Crippen LogP contribution is -2.39. The first-order chi connectivity index (χ1) is 9.13. The predicted octanol–water partition coefficient (Wildman–Crippen LogP) is 2.86. The van der Waals surface area contributed by atoms with E-state index in [2.05, 4.69) is 34.2 Å². The Bertz CT molecular complexity index is 654. The standard InChI is InChI=1S/C16H18N2O/c1-11-12(2)17-15(18-14(11)19)16(9-6-10-16)13-7-4-3-5-8-13/h3-5,7-8H,6,9-10H2,1-2H3,(H,17,18,19). The van der Waals surface area contributed by atoms with E-state index in [1.54, 1.807) is 0 Å². The molecule has 1 N–H and O–H groups in total. The Balaban J connectivity index is 2.16. The summed E-state index contributed by atoms with van der Waals surface area (Å²) in [7, 11) is 0. The second-order valence-electron chi connectivity index (χ2n) is 5.43. The Morgan fingerprint density at radius 1 is 1.16 bits per heavy atom. The summed E-state index contributed by atoms with van der Waals surface area (Å²) in [6, 6.07) is 10.4. The van der Waals surface area contributed by atoms with Crippen LogP contribution in [0.5, 0.6) is 0 Å². The van der Waals surface area contributed by atoms with Gasteiger partial charge in [0.05, 0.1) is 5.41 Å². The van der Waals surface area contributed by atoms with E-state index in [1.165, 1.54) is 12.0 Å². The minimum absolute atomic E-state index is 0.00953. The zero-order valence-electron chi connectivity index (χ0n) is 11.4. The minimum atomic E-state index is -0.0844. The molecule has 2 aromatic rings. The van der Waals surface area contributed by atoms with E-state index in [0.717, 1.165) is 24.4 Å². The third-order valence-electron chi connectivity index (χ3n) is 4.38. The molecule has 1 fully saturated rings. The average molecular weight is 254 g/mol. The first-order valence-electron chi connectivity index (χ1n) is 6.77. The molecule has 0 aliphatic heterocycles. The highest BCUT2D eigenvalue weighted by atomic mass is 16.1. The Hall–Kier alpha value is -1.90. The molecule has 0 bridgehead atoms. The summed E-state index contributed by atoms with van der Waals surface area (Å²) in [5.74, 6) is 0.832. The van der Waals surface area contributed by atoms with E-state index in [1.807, 2.05) is 19.9 Å². The predicted molar refractivity (Wildman–Crippen MR) is 75.4 cm³/mol. The monoisotopic (exact) mass is 254 g/mol. The molecule has 0 spiro atoms. The average Bonchev–Trinajstić information content (AvgIpc) is 2.36. The van der Waals surface area contributed by atoms with Crippen LogP contribution in [0.2, 0.25) is 0 Å². The number of rotatable bonds is 2. The normalized spacial score (nSPS) is 16.9. The quantitative estimate of drug-likeness (QED) is 0.895. The lowest BCUT2D eigenvalue weighted by molar-refractivity contribution is 0.284. The molecule has 98 valence electrons. The number of benzene rings is 1. The lowest BCUT2D eigenvalue weighted by atomic mass is 9.64. The van der Waals surface area contributed by atoms with Gasteiger partial charge in [0.25, 0.3) is 5.56 Å². The van der Waals surface area contributed by atoms with Crippen molar-refractivity contribution in [2.75, 3.05) is 0 Å². The first kappa shape index (κ1) is 12.2. The Morgan fingerprint density at radius 2 is 1.84 bits per heavy atom. The molecule has 0 saturated heterocycles.